The topological polar surface area (TPSA) is 95.2 Å². The fraction of sp³-hybridized carbons (Fsp3) is 0.125. The second-order valence-electron chi connectivity index (χ2n) is 4.44. The summed E-state index contributed by atoms with van der Waals surface area (Å²) >= 11 is 0. The molecule has 22 heavy (non-hydrogen) atoms. The Morgan fingerprint density at radius 1 is 1.14 bits per heavy atom. The fourth-order valence-electron chi connectivity index (χ4n) is 1.83. The number of ether oxygens (including phenoxy) is 2. The Hall–Kier alpha value is -3.02. The number of hydrogen-bond acceptors (Lipinski definition) is 4. The lowest BCUT2D eigenvalue weighted by Crippen LogP contribution is -2.21. The highest BCUT2D eigenvalue weighted by Gasteiger charge is 2.05. The van der Waals surface area contributed by atoms with E-state index in [2.05, 4.69) is 10.2 Å². The normalized spacial score (nSPS) is 10.4. The maximum absolute atomic E-state index is 5.74. The van der Waals surface area contributed by atoms with Crippen LogP contribution in [0, 0.1) is 0 Å². The highest BCUT2D eigenvalue weighted by Crippen LogP contribution is 2.21. The van der Waals surface area contributed by atoms with Crippen LogP contribution in [0.15, 0.2) is 58.7 Å². The number of para-hydroxylation sites is 1. The van der Waals surface area contributed by atoms with Gasteiger partial charge in [0.05, 0.1) is 13.3 Å². The predicted octanol–water partition coefficient (Wildman–Crippen LogP) is 1.88. The molecule has 0 saturated carbocycles. The minimum absolute atomic E-state index is 0.0857. The van der Waals surface area contributed by atoms with E-state index in [9.17, 15) is 0 Å². The molecule has 0 aromatic heterocycles. The zero-order valence-electron chi connectivity index (χ0n) is 12.3. The van der Waals surface area contributed by atoms with E-state index in [1.807, 2.05) is 48.5 Å². The van der Waals surface area contributed by atoms with Crippen molar-refractivity contribution in [2.75, 3.05) is 7.11 Å². The maximum Gasteiger partial charge on any atom is 0.211 e. The second-order valence-corrected chi connectivity index (χ2v) is 4.44. The molecule has 0 fully saturated rings. The van der Waals surface area contributed by atoms with Crippen molar-refractivity contribution in [3.8, 4) is 11.5 Å². The number of benzene rings is 2. The van der Waals surface area contributed by atoms with Gasteiger partial charge in [-0.05, 0) is 35.9 Å². The van der Waals surface area contributed by atoms with Crippen molar-refractivity contribution in [2.45, 2.75) is 6.61 Å². The van der Waals surface area contributed by atoms with E-state index in [1.165, 1.54) is 0 Å². The van der Waals surface area contributed by atoms with Gasteiger partial charge in [0.1, 0.15) is 18.1 Å². The third-order valence-corrected chi connectivity index (χ3v) is 2.82. The Kier molecular flexibility index (Phi) is 5.37. The van der Waals surface area contributed by atoms with Crippen molar-refractivity contribution in [1.29, 1.82) is 0 Å². The van der Waals surface area contributed by atoms with Crippen LogP contribution in [0.5, 0.6) is 11.5 Å². The molecular formula is C16H18N4O2. The van der Waals surface area contributed by atoms with Gasteiger partial charge < -0.3 is 20.9 Å². The van der Waals surface area contributed by atoms with Crippen molar-refractivity contribution in [3.05, 3.63) is 59.7 Å². The minimum Gasteiger partial charge on any atom is -0.496 e. The van der Waals surface area contributed by atoms with Crippen LogP contribution in [0.2, 0.25) is 0 Å². The number of rotatable bonds is 6. The molecule has 0 aliphatic carbocycles. The van der Waals surface area contributed by atoms with Gasteiger partial charge in [-0.1, -0.05) is 18.2 Å². The van der Waals surface area contributed by atoms with Crippen LogP contribution in [0.4, 0.5) is 0 Å². The minimum atomic E-state index is -0.0857. The number of nitrogens with two attached hydrogens (primary N) is 2. The molecule has 0 spiro atoms. The lowest BCUT2D eigenvalue weighted by atomic mass is 10.1. The summed E-state index contributed by atoms with van der Waals surface area (Å²) < 4.78 is 11.1. The highest BCUT2D eigenvalue weighted by molar-refractivity contribution is 5.82. The first-order valence-electron chi connectivity index (χ1n) is 6.66. The van der Waals surface area contributed by atoms with Crippen molar-refractivity contribution in [1.82, 2.24) is 0 Å². The first kappa shape index (κ1) is 15.4. The second kappa shape index (κ2) is 7.68. The van der Waals surface area contributed by atoms with Gasteiger partial charge in [-0.3, -0.25) is 0 Å². The number of nitrogens with zero attached hydrogens (tertiary/aromatic N) is 2. The molecule has 2 rings (SSSR count). The molecule has 2 aromatic rings. The van der Waals surface area contributed by atoms with E-state index in [0.29, 0.717) is 6.61 Å². The number of methoxy groups -OCH3 is 1. The Labute approximate surface area is 129 Å². The van der Waals surface area contributed by atoms with Crippen LogP contribution in [0.3, 0.4) is 0 Å². The summed E-state index contributed by atoms with van der Waals surface area (Å²) in [6, 6.07) is 15.2. The third-order valence-electron chi connectivity index (χ3n) is 2.82. The molecule has 0 aliphatic rings. The Bertz CT molecular complexity index is 665. The van der Waals surface area contributed by atoms with Gasteiger partial charge in [0.15, 0.2) is 0 Å². The van der Waals surface area contributed by atoms with Gasteiger partial charge in [0.2, 0.25) is 5.96 Å². The number of hydrogen-bond donors (Lipinski definition) is 2. The molecule has 4 N–H and O–H groups in total. The summed E-state index contributed by atoms with van der Waals surface area (Å²) in [5.41, 5.74) is 12.2. The van der Waals surface area contributed by atoms with E-state index >= 15 is 0 Å². The summed E-state index contributed by atoms with van der Waals surface area (Å²) in [5, 5.41) is 7.35. The number of guanidine groups is 1. The van der Waals surface area contributed by atoms with Crippen molar-refractivity contribution in [2.24, 2.45) is 21.7 Å². The Morgan fingerprint density at radius 2 is 1.91 bits per heavy atom. The molecule has 0 heterocycles. The SMILES string of the molecule is COc1ccc(C=NN=C(N)N)cc1COc1ccccc1. The predicted molar refractivity (Wildman–Crippen MR) is 87.2 cm³/mol. The summed E-state index contributed by atoms with van der Waals surface area (Å²) in [7, 11) is 1.62. The van der Waals surface area contributed by atoms with Crippen molar-refractivity contribution < 1.29 is 9.47 Å². The van der Waals surface area contributed by atoms with Gasteiger partial charge >= 0.3 is 0 Å². The van der Waals surface area contributed by atoms with Crippen LogP contribution >= 0.6 is 0 Å². The zero-order chi connectivity index (χ0) is 15.8. The van der Waals surface area contributed by atoms with Crippen LogP contribution in [0.1, 0.15) is 11.1 Å². The first-order valence-corrected chi connectivity index (χ1v) is 6.66. The molecule has 0 amide bonds. The molecule has 2 aromatic carbocycles. The van der Waals surface area contributed by atoms with Crippen LogP contribution < -0.4 is 20.9 Å². The quantitative estimate of drug-likeness (QED) is 0.483. The summed E-state index contributed by atoms with van der Waals surface area (Å²) in [4.78, 5) is 0. The van der Waals surface area contributed by atoms with Gasteiger partial charge in [-0.25, -0.2) is 0 Å². The molecule has 6 nitrogen and oxygen atoms in total. The van der Waals surface area contributed by atoms with Gasteiger partial charge in [0.25, 0.3) is 0 Å². The molecule has 0 bridgehead atoms. The lowest BCUT2D eigenvalue weighted by molar-refractivity contribution is 0.296. The molecule has 6 heteroatoms. The molecule has 0 aliphatic heterocycles. The summed E-state index contributed by atoms with van der Waals surface area (Å²) in [5.74, 6) is 1.46. The lowest BCUT2D eigenvalue weighted by Gasteiger charge is -2.11. The summed E-state index contributed by atoms with van der Waals surface area (Å²) in [6.45, 7) is 0.386. The van der Waals surface area contributed by atoms with Gasteiger partial charge in [-0.15, -0.1) is 5.10 Å². The van der Waals surface area contributed by atoms with Crippen LogP contribution in [-0.4, -0.2) is 19.3 Å². The maximum atomic E-state index is 5.74. The first-order chi connectivity index (χ1) is 10.7. The molecule has 0 unspecified atom stereocenters. The third kappa shape index (κ3) is 4.52. The largest absolute Gasteiger partial charge is 0.496 e. The van der Waals surface area contributed by atoms with Gasteiger partial charge in [-0.2, -0.15) is 5.10 Å². The standard InChI is InChI=1S/C16H18N4O2/c1-21-15-8-7-12(10-19-20-16(17)18)9-13(15)11-22-14-5-3-2-4-6-14/h2-10H,11H2,1H3,(H4,17,18,20). The zero-order valence-corrected chi connectivity index (χ0v) is 12.3. The Balaban J connectivity index is 2.14. The molecular weight excluding hydrogens is 280 g/mol. The van der Waals surface area contributed by atoms with Gasteiger partial charge in [0, 0.05) is 5.56 Å². The van der Waals surface area contributed by atoms with E-state index in [4.69, 9.17) is 20.9 Å². The highest BCUT2D eigenvalue weighted by atomic mass is 16.5. The fourth-order valence-corrected chi connectivity index (χ4v) is 1.83. The molecule has 0 saturated heterocycles. The Morgan fingerprint density at radius 3 is 2.59 bits per heavy atom. The van der Waals surface area contributed by atoms with Crippen molar-refractivity contribution in [3.63, 3.8) is 0 Å². The van der Waals surface area contributed by atoms with E-state index in [0.717, 1.165) is 22.6 Å². The van der Waals surface area contributed by atoms with Crippen LogP contribution in [-0.2, 0) is 6.61 Å². The average molecular weight is 298 g/mol. The van der Waals surface area contributed by atoms with Crippen molar-refractivity contribution >= 4 is 12.2 Å². The average Bonchev–Trinajstić information content (AvgIpc) is 2.54. The smallest absolute Gasteiger partial charge is 0.211 e. The van der Waals surface area contributed by atoms with E-state index in [1.54, 1.807) is 13.3 Å². The van der Waals surface area contributed by atoms with E-state index in [-0.39, 0.29) is 5.96 Å². The monoisotopic (exact) mass is 298 g/mol. The molecule has 0 radical (unpaired) electrons. The van der Waals surface area contributed by atoms with E-state index < -0.39 is 0 Å². The van der Waals surface area contributed by atoms with Crippen LogP contribution in [0.25, 0.3) is 0 Å². The molecule has 114 valence electrons. The summed E-state index contributed by atoms with van der Waals surface area (Å²) in [6.07, 6.45) is 1.56. The molecule has 0 atom stereocenters.